The molecule has 2 N–H and O–H groups in total. The lowest BCUT2D eigenvalue weighted by atomic mass is 10.2. The molecule has 1 amide bonds. The fourth-order valence-corrected chi connectivity index (χ4v) is 4.05. The van der Waals surface area contributed by atoms with E-state index in [4.69, 9.17) is 15.5 Å². The highest BCUT2D eigenvalue weighted by Crippen LogP contribution is 2.17. The SMILES string of the molecule is CN(/C=C(/C#N)C(=O)N(CCO)CCO)C1CCS(=O)(=O)C1. The van der Waals surface area contributed by atoms with Gasteiger partial charge in [0.05, 0.1) is 24.7 Å². The Bertz CT molecular complexity index is 561. The maximum absolute atomic E-state index is 12.2. The average molecular weight is 331 g/mol. The summed E-state index contributed by atoms with van der Waals surface area (Å²) >= 11 is 0. The van der Waals surface area contributed by atoms with Gasteiger partial charge < -0.3 is 20.0 Å². The van der Waals surface area contributed by atoms with Crippen molar-refractivity contribution < 1.29 is 23.4 Å². The van der Waals surface area contributed by atoms with Gasteiger partial charge in [-0.15, -0.1) is 0 Å². The maximum Gasteiger partial charge on any atom is 0.266 e. The van der Waals surface area contributed by atoms with Crippen molar-refractivity contribution in [3.05, 3.63) is 11.8 Å². The van der Waals surface area contributed by atoms with Gasteiger partial charge in [-0.25, -0.2) is 8.42 Å². The first-order valence-corrected chi connectivity index (χ1v) is 8.72. The number of aliphatic hydroxyl groups is 2. The monoisotopic (exact) mass is 331 g/mol. The van der Waals surface area contributed by atoms with Crippen LogP contribution >= 0.6 is 0 Å². The van der Waals surface area contributed by atoms with Crippen molar-refractivity contribution in [1.82, 2.24) is 9.80 Å². The Labute approximate surface area is 130 Å². The zero-order chi connectivity index (χ0) is 16.8. The van der Waals surface area contributed by atoms with Crippen LogP contribution in [-0.2, 0) is 14.6 Å². The predicted molar refractivity (Wildman–Crippen MR) is 79.3 cm³/mol. The summed E-state index contributed by atoms with van der Waals surface area (Å²) in [5.74, 6) is -0.491. The summed E-state index contributed by atoms with van der Waals surface area (Å²) in [5.41, 5.74) is -0.159. The lowest BCUT2D eigenvalue weighted by molar-refractivity contribution is -0.127. The minimum absolute atomic E-state index is 0.00386. The smallest absolute Gasteiger partial charge is 0.266 e. The largest absolute Gasteiger partial charge is 0.395 e. The van der Waals surface area contributed by atoms with E-state index < -0.39 is 15.7 Å². The highest BCUT2D eigenvalue weighted by Gasteiger charge is 2.30. The topological polar surface area (TPSA) is 122 Å². The standard InChI is InChI=1S/C13H21N3O5S/c1-15(12-2-7-22(20,21)10-12)9-11(8-14)13(19)16(3-5-17)4-6-18/h9,12,17-18H,2-7,10H2,1H3/b11-9-. The van der Waals surface area contributed by atoms with Crippen LogP contribution in [0.25, 0.3) is 0 Å². The molecule has 0 spiro atoms. The number of nitrogens with zero attached hydrogens (tertiary/aromatic N) is 3. The molecular weight excluding hydrogens is 310 g/mol. The summed E-state index contributed by atoms with van der Waals surface area (Å²) in [6.45, 7) is -0.526. The van der Waals surface area contributed by atoms with Gasteiger partial charge in [0.25, 0.3) is 5.91 Å². The summed E-state index contributed by atoms with van der Waals surface area (Å²) in [6, 6.07) is 1.53. The van der Waals surface area contributed by atoms with Crippen LogP contribution in [0, 0.1) is 11.3 Å². The van der Waals surface area contributed by atoms with Crippen LogP contribution in [0.2, 0.25) is 0 Å². The highest BCUT2D eigenvalue weighted by atomic mass is 32.2. The molecule has 1 atom stereocenters. The van der Waals surface area contributed by atoms with Gasteiger partial charge in [0, 0.05) is 32.4 Å². The Morgan fingerprint density at radius 3 is 2.36 bits per heavy atom. The van der Waals surface area contributed by atoms with Crippen LogP contribution in [-0.4, -0.2) is 85.2 Å². The minimum Gasteiger partial charge on any atom is -0.395 e. The second kappa shape index (κ2) is 8.12. The number of carbonyl (C=O) groups excluding carboxylic acids is 1. The molecule has 0 aliphatic carbocycles. The molecule has 0 bridgehead atoms. The van der Waals surface area contributed by atoms with Crippen LogP contribution in [0.1, 0.15) is 6.42 Å². The van der Waals surface area contributed by atoms with E-state index in [0.29, 0.717) is 6.42 Å². The van der Waals surface area contributed by atoms with Gasteiger partial charge >= 0.3 is 0 Å². The number of sulfone groups is 1. The van der Waals surface area contributed by atoms with Gasteiger partial charge in [-0.3, -0.25) is 4.79 Å². The van der Waals surface area contributed by atoms with Crippen LogP contribution in [0.5, 0.6) is 0 Å². The molecule has 124 valence electrons. The van der Waals surface area contributed by atoms with Crippen LogP contribution in [0.15, 0.2) is 11.8 Å². The molecule has 0 aromatic carbocycles. The first-order chi connectivity index (χ1) is 10.3. The van der Waals surface area contributed by atoms with E-state index in [0.717, 1.165) is 0 Å². The second-order valence-electron chi connectivity index (χ2n) is 5.12. The third kappa shape index (κ3) is 4.98. The first-order valence-electron chi connectivity index (χ1n) is 6.90. The predicted octanol–water partition coefficient (Wildman–Crippen LogP) is -1.67. The quantitative estimate of drug-likeness (QED) is 0.422. The summed E-state index contributed by atoms with van der Waals surface area (Å²) < 4.78 is 22.9. The Hall–Kier alpha value is -1.63. The highest BCUT2D eigenvalue weighted by molar-refractivity contribution is 7.91. The maximum atomic E-state index is 12.2. The van der Waals surface area contributed by atoms with E-state index in [1.54, 1.807) is 18.0 Å². The van der Waals surface area contributed by atoms with Crippen molar-refractivity contribution in [3.63, 3.8) is 0 Å². The Balaban J connectivity index is 2.85. The molecule has 9 heteroatoms. The Kier molecular flexibility index (Phi) is 6.80. The fourth-order valence-electron chi connectivity index (χ4n) is 2.26. The van der Waals surface area contributed by atoms with Gasteiger partial charge in [0.2, 0.25) is 0 Å². The number of hydrogen-bond donors (Lipinski definition) is 2. The molecule has 8 nitrogen and oxygen atoms in total. The molecule has 1 rings (SSSR count). The first kappa shape index (κ1) is 18.4. The molecule has 0 aromatic heterocycles. The number of nitriles is 1. The van der Waals surface area contributed by atoms with Crippen LogP contribution < -0.4 is 0 Å². The van der Waals surface area contributed by atoms with Gasteiger partial charge in [-0.1, -0.05) is 0 Å². The number of aliphatic hydroxyl groups excluding tert-OH is 2. The number of amides is 1. The molecule has 1 aliphatic heterocycles. The zero-order valence-electron chi connectivity index (χ0n) is 12.5. The minimum atomic E-state index is -3.05. The molecule has 1 fully saturated rings. The third-order valence-electron chi connectivity index (χ3n) is 3.50. The summed E-state index contributed by atoms with van der Waals surface area (Å²) in [7, 11) is -1.43. The molecule has 1 aliphatic rings. The van der Waals surface area contributed by atoms with Gasteiger partial charge in [0.15, 0.2) is 9.84 Å². The Morgan fingerprint density at radius 2 is 1.95 bits per heavy atom. The van der Waals surface area contributed by atoms with Crippen molar-refractivity contribution in [3.8, 4) is 6.07 Å². The lowest BCUT2D eigenvalue weighted by Gasteiger charge is -2.24. The summed E-state index contributed by atoms with van der Waals surface area (Å²) in [5, 5.41) is 27.0. The van der Waals surface area contributed by atoms with Gasteiger partial charge in [0.1, 0.15) is 11.6 Å². The molecule has 22 heavy (non-hydrogen) atoms. The summed E-state index contributed by atoms with van der Waals surface area (Å²) in [6.07, 6.45) is 1.79. The summed E-state index contributed by atoms with van der Waals surface area (Å²) in [4.78, 5) is 14.9. The van der Waals surface area contributed by atoms with E-state index in [9.17, 15) is 13.2 Å². The van der Waals surface area contributed by atoms with E-state index in [1.807, 2.05) is 0 Å². The number of carbonyl (C=O) groups is 1. The normalized spacial score (nSPS) is 20.5. The second-order valence-corrected chi connectivity index (χ2v) is 7.35. The third-order valence-corrected chi connectivity index (χ3v) is 5.25. The van der Waals surface area contributed by atoms with Crippen molar-refractivity contribution in [2.24, 2.45) is 0 Å². The fraction of sp³-hybridized carbons (Fsp3) is 0.692. The molecule has 0 aromatic rings. The molecule has 0 radical (unpaired) electrons. The Morgan fingerprint density at radius 1 is 1.36 bits per heavy atom. The van der Waals surface area contributed by atoms with Crippen molar-refractivity contribution in [2.45, 2.75) is 12.5 Å². The molecule has 1 unspecified atom stereocenters. The molecular formula is C13H21N3O5S. The van der Waals surface area contributed by atoms with Gasteiger partial charge in [-0.2, -0.15) is 5.26 Å². The molecule has 1 saturated heterocycles. The lowest BCUT2D eigenvalue weighted by Crippen LogP contribution is -2.37. The van der Waals surface area contributed by atoms with Crippen molar-refractivity contribution in [2.75, 3.05) is 44.9 Å². The van der Waals surface area contributed by atoms with Gasteiger partial charge in [-0.05, 0) is 6.42 Å². The van der Waals surface area contributed by atoms with E-state index in [1.165, 1.54) is 11.1 Å². The van der Waals surface area contributed by atoms with Crippen molar-refractivity contribution >= 4 is 15.7 Å². The van der Waals surface area contributed by atoms with E-state index >= 15 is 0 Å². The molecule has 1 heterocycles. The molecule has 0 saturated carbocycles. The average Bonchev–Trinajstić information content (AvgIpc) is 2.84. The van der Waals surface area contributed by atoms with Crippen LogP contribution in [0.4, 0.5) is 0 Å². The number of rotatable bonds is 7. The van der Waals surface area contributed by atoms with Crippen molar-refractivity contribution in [1.29, 1.82) is 5.26 Å². The zero-order valence-corrected chi connectivity index (χ0v) is 13.3. The number of hydrogen-bond acceptors (Lipinski definition) is 7. The van der Waals surface area contributed by atoms with E-state index in [-0.39, 0.29) is 49.4 Å². The van der Waals surface area contributed by atoms with Crippen LogP contribution in [0.3, 0.4) is 0 Å². The van der Waals surface area contributed by atoms with E-state index in [2.05, 4.69) is 0 Å².